The molecule has 0 atom stereocenters. The first-order valence-corrected chi connectivity index (χ1v) is 10.1. The Labute approximate surface area is 167 Å². The van der Waals surface area contributed by atoms with E-state index in [1.54, 1.807) is 35.5 Å². The van der Waals surface area contributed by atoms with Crippen molar-refractivity contribution in [2.24, 2.45) is 0 Å². The minimum absolute atomic E-state index is 0.172. The van der Waals surface area contributed by atoms with Crippen LogP contribution in [0.1, 0.15) is 9.67 Å². The molecule has 5 heterocycles. The highest BCUT2D eigenvalue weighted by Gasteiger charge is 2.15. The Morgan fingerprint density at radius 2 is 2.00 bits per heavy atom. The summed E-state index contributed by atoms with van der Waals surface area (Å²) in [5.41, 5.74) is 4.43. The lowest BCUT2D eigenvalue weighted by Crippen LogP contribution is -2.09. The van der Waals surface area contributed by atoms with Crippen LogP contribution in [0.3, 0.4) is 0 Å². The van der Waals surface area contributed by atoms with Gasteiger partial charge in [0.2, 0.25) is 0 Å². The summed E-state index contributed by atoms with van der Waals surface area (Å²) in [6.07, 6.45) is 10.7. The molecule has 0 bridgehead atoms. The maximum Gasteiger partial charge on any atom is 0.267 e. The van der Waals surface area contributed by atoms with Crippen molar-refractivity contribution in [2.45, 2.75) is 0 Å². The molecule has 5 aromatic rings. The van der Waals surface area contributed by atoms with E-state index in [0.29, 0.717) is 10.0 Å². The molecule has 0 fully saturated rings. The second-order valence-electron chi connectivity index (χ2n) is 5.90. The van der Waals surface area contributed by atoms with Gasteiger partial charge in [0, 0.05) is 53.1 Å². The summed E-state index contributed by atoms with van der Waals surface area (Å²) in [6.45, 7) is 0. The van der Waals surface area contributed by atoms with E-state index in [1.165, 1.54) is 22.7 Å². The van der Waals surface area contributed by atoms with Crippen molar-refractivity contribution < 1.29 is 4.79 Å². The van der Waals surface area contributed by atoms with Gasteiger partial charge in [0.1, 0.15) is 0 Å². The normalized spacial score (nSPS) is 11.0. The number of nitrogens with zero attached hydrogens (tertiary/aromatic N) is 5. The van der Waals surface area contributed by atoms with Crippen LogP contribution in [0.4, 0.5) is 5.13 Å². The third kappa shape index (κ3) is 3.06. The largest absolute Gasteiger partial charge is 0.297 e. The van der Waals surface area contributed by atoms with Gasteiger partial charge < -0.3 is 0 Å². The smallest absolute Gasteiger partial charge is 0.267 e. The van der Waals surface area contributed by atoms with Gasteiger partial charge in [0.15, 0.2) is 10.8 Å². The number of amides is 1. The number of hydrogen-bond donors (Lipinski definition) is 1. The van der Waals surface area contributed by atoms with Crippen molar-refractivity contribution in [1.29, 1.82) is 0 Å². The number of hydrogen-bond acceptors (Lipinski definition) is 7. The summed E-state index contributed by atoms with van der Waals surface area (Å²) < 4.78 is 1.74. The molecule has 7 nitrogen and oxygen atoms in total. The van der Waals surface area contributed by atoms with Crippen LogP contribution in [0, 0.1) is 0 Å². The molecule has 28 heavy (non-hydrogen) atoms. The maximum atomic E-state index is 12.4. The van der Waals surface area contributed by atoms with Gasteiger partial charge in [-0.25, -0.2) is 14.5 Å². The number of rotatable bonds is 4. The number of thiophene rings is 1. The zero-order valence-corrected chi connectivity index (χ0v) is 15.9. The predicted molar refractivity (Wildman–Crippen MR) is 110 cm³/mol. The zero-order chi connectivity index (χ0) is 18.9. The molecule has 0 saturated heterocycles. The lowest BCUT2D eigenvalue weighted by molar-refractivity contribution is 0.103. The van der Waals surface area contributed by atoms with Gasteiger partial charge in [-0.3, -0.25) is 15.1 Å². The molecule has 136 valence electrons. The number of thiazole rings is 1. The molecule has 5 aromatic heterocycles. The van der Waals surface area contributed by atoms with Crippen LogP contribution in [0.25, 0.3) is 27.9 Å². The summed E-state index contributed by atoms with van der Waals surface area (Å²) in [4.78, 5) is 25.8. The van der Waals surface area contributed by atoms with Crippen molar-refractivity contribution in [3.63, 3.8) is 0 Å². The third-order valence-corrected chi connectivity index (χ3v) is 5.76. The first-order valence-electron chi connectivity index (χ1n) is 8.31. The molecule has 0 aromatic carbocycles. The summed E-state index contributed by atoms with van der Waals surface area (Å²) in [5.74, 6) is -0.172. The van der Waals surface area contributed by atoms with E-state index in [2.05, 4.69) is 25.4 Å². The Bertz CT molecular complexity index is 1260. The SMILES string of the molecule is O=C(Nc1nccs1)c1cc(-c2cnn3cc(-c4cccnc4)cnc23)cs1. The van der Waals surface area contributed by atoms with Gasteiger partial charge in [-0.15, -0.1) is 22.7 Å². The highest BCUT2D eigenvalue weighted by molar-refractivity contribution is 7.14. The number of anilines is 1. The number of carbonyl (C=O) groups is 1. The van der Waals surface area contributed by atoms with Gasteiger partial charge >= 0.3 is 0 Å². The first-order chi connectivity index (χ1) is 13.8. The molecular weight excluding hydrogens is 392 g/mol. The Kier molecular flexibility index (Phi) is 4.15. The molecule has 0 saturated carbocycles. The fourth-order valence-corrected chi connectivity index (χ4v) is 4.13. The van der Waals surface area contributed by atoms with Gasteiger partial charge in [0.25, 0.3) is 5.91 Å². The number of pyridine rings is 1. The summed E-state index contributed by atoms with van der Waals surface area (Å²) in [6, 6.07) is 5.71. The maximum absolute atomic E-state index is 12.4. The molecule has 1 N–H and O–H groups in total. The lowest BCUT2D eigenvalue weighted by atomic mass is 10.1. The monoisotopic (exact) mass is 404 g/mol. The van der Waals surface area contributed by atoms with E-state index in [0.717, 1.165) is 27.9 Å². The third-order valence-electron chi connectivity index (χ3n) is 4.14. The molecule has 0 aliphatic rings. The summed E-state index contributed by atoms with van der Waals surface area (Å²) in [5, 5.41) is 11.6. The average Bonchev–Trinajstić information content (AvgIpc) is 3.48. The van der Waals surface area contributed by atoms with E-state index in [4.69, 9.17) is 0 Å². The Morgan fingerprint density at radius 1 is 1.04 bits per heavy atom. The molecule has 5 rings (SSSR count). The quantitative estimate of drug-likeness (QED) is 0.485. The van der Waals surface area contributed by atoms with Crippen LogP contribution in [-0.4, -0.2) is 30.5 Å². The van der Waals surface area contributed by atoms with Crippen LogP contribution >= 0.6 is 22.7 Å². The molecule has 9 heteroatoms. The van der Waals surface area contributed by atoms with E-state index < -0.39 is 0 Å². The van der Waals surface area contributed by atoms with Crippen molar-refractivity contribution in [1.82, 2.24) is 24.6 Å². The van der Waals surface area contributed by atoms with E-state index >= 15 is 0 Å². The van der Waals surface area contributed by atoms with Crippen LogP contribution in [0.5, 0.6) is 0 Å². The van der Waals surface area contributed by atoms with E-state index in [9.17, 15) is 4.79 Å². The van der Waals surface area contributed by atoms with Crippen molar-refractivity contribution in [3.8, 4) is 22.3 Å². The van der Waals surface area contributed by atoms with Crippen molar-refractivity contribution in [3.05, 3.63) is 71.0 Å². The Morgan fingerprint density at radius 3 is 2.82 bits per heavy atom. The molecule has 0 unspecified atom stereocenters. The number of aromatic nitrogens is 5. The lowest BCUT2D eigenvalue weighted by Gasteiger charge is -2.02. The second kappa shape index (κ2) is 6.95. The van der Waals surface area contributed by atoms with Crippen molar-refractivity contribution >= 4 is 39.4 Å². The Hall–Kier alpha value is -3.43. The average molecular weight is 404 g/mol. The summed E-state index contributed by atoms with van der Waals surface area (Å²) >= 11 is 2.76. The van der Waals surface area contributed by atoms with E-state index in [1.807, 2.05) is 35.2 Å². The number of carbonyl (C=O) groups excluding carboxylic acids is 1. The topological polar surface area (TPSA) is 85.1 Å². The van der Waals surface area contributed by atoms with Crippen LogP contribution in [0.15, 0.2) is 66.1 Å². The fourth-order valence-electron chi connectivity index (χ4n) is 2.80. The number of nitrogens with one attached hydrogen (secondary N) is 1. The zero-order valence-electron chi connectivity index (χ0n) is 14.3. The van der Waals surface area contributed by atoms with Crippen molar-refractivity contribution in [2.75, 3.05) is 5.32 Å². The highest BCUT2D eigenvalue weighted by Crippen LogP contribution is 2.29. The minimum Gasteiger partial charge on any atom is -0.297 e. The molecule has 1 amide bonds. The molecule has 0 aliphatic heterocycles. The molecule has 0 aliphatic carbocycles. The number of fused-ring (bicyclic) bond motifs is 1. The highest BCUT2D eigenvalue weighted by atomic mass is 32.1. The molecule has 0 spiro atoms. The minimum atomic E-state index is -0.172. The first kappa shape index (κ1) is 16.7. The van der Waals surface area contributed by atoms with Gasteiger partial charge in [-0.2, -0.15) is 5.10 Å². The predicted octanol–water partition coefficient (Wildman–Crippen LogP) is 4.23. The standard InChI is InChI=1S/C19H12N6OS2/c26-18(24-19-21-4-5-27-19)16-6-13(11-28-16)15-9-23-25-10-14(8-22-17(15)25)12-2-1-3-20-7-12/h1-11H,(H,21,24,26). The van der Waals surface area contributed by atoms with Gasteiger partial charge in [0.05, 0.1) is 11.1 Å². The van der Waals surface area contributed by atoms with Gasteiger partial charge in [-0.05, 0) is 23.1 Å². The van der Waals surface area contributed by atoms with Crippen LogP contribution < -0.4 is 5.32 Å². The second-order valence-corrected chi connectivity index (χ2v) is 7.71. The summed E-state index contributed by atoms with van der Waals surface area (Å²) in [7, 11) is 0. The van der Waals surface area contributed by atoms with E-state index in [-0.39, 0.29) is 5.91 Å². The molecular formula is C19H12N6OS2. The fraction of sp³-hybridized carbons (Fsp3) is 0. The van der Waals surface area contributed by atoms with Crippen LogP contribution in [-0.2, 0) is 0 Å². The van der Waals surface area contributed by atoms with Crippen LogP contribution in [0.2, 0.25) is 0 Å². The van der Waals surface area contributed by atoms with Gasteiger partial charge in [-0.1, -0.05) is 6.07 Å². The Balaban J connectivity index is 1.45. The molecule has 0 radical (unpaired) electrons.